The van der Waals surface area contributed by atoms with Gasteiger partial charge >= 0.3 is 6.18 Å². The highest BCUT2D eigenvalue weighted by molar-refractivity contribution is 9.10. The molecule has 0 saturated carbocycles. The summed E-state index contributed by atoms with van der Waals surface area (Å²) in [5.41, 5.74) is 0.0252. The van der Waals surface area contributed by atoms with Crippen LogP contribution in [-0.4, -0.2) is 7.85 Å². The Morgan fingerprint density at radius 1 is 1.31 bits per heavy atom. The first-order chi connectivity index (χ1) is 5.82. The molecule has 0 unspecified atom stereocenters. The summed E-state index contributed by atoms with van der Waals surface area (Å²) in [4.78, 5) is 0. The SMILES string of the molecule is [B]c1cc(C(F)(F)F)cc(Br)c1C. The molecule has 0 heterocycles. The van der Waals surface area contributed by atoms with Gasteiger partial charge in [0, 0.05) is 4.47 Å². The van der Waals surface area contributed by atoms with Crippen LogP contribution in [0.4, 0.5) is 13.2 Å². The molecule has 0 fully saturated rings. The van der Waals surface area contributed by atoms with Crippen LogP contribution in [-0.2, 0) is 6.18 Å². The maximum absolute atomic E-state index is 12.2. The third-order valence-electron chi connectivity index (χ3n) is 1.71. The van der Waals surface area contributed by atoms with Gasteiger partial charge in [-0.3, -0.25) is 0 Å². The van der Waals surface area contributed by atoms with E-state index in [1.807, 2.05) is 0 Å². The van der Waals surface area contributed by atoms with Crippen LogP contribution in [0.25, 0.3) is 0 Å². The zero-order valence-electron chi connectivity index (χ0n) is 6.74. The number of alkyl halides is 3. The van der Waals surface area contributed by atoms with Gasteiger partial charge in [-0.05, 0) is 18.6 Å². The van der Waals surface area contributed by atoms with Crippen molar-refractivity contribution in [1.82, 2.24) is 0 Å². The van der Waals surface area contributed by atoms with Gasteiger partial charge in [0.15, 0.2) is 0 Å². The van der Waals surface area contributed by atoms with Crippen molar-refractivity contribution in [2.75, 3.05) is 0 Å². The van der Waals surface area contributed by atoms with E-state index >= 15 is 0 Å². The van der Waals surface area contributed by atoms with Crippen molar-refractivity contribution in [2.24, 2.45) is 0 Å². The lowest BCUT2D eigenvalue weighted by molar-refractivity contribution is -0.137. The Kier molecular flexibility index (Phi) is 2.75. The number of hydrogen-bond donors (Lipinski definition) is 0. The molecule has 0 spiro atoms. The van der Waals surface area contributed by atoms with Crippen LogP contribution in [0.15, 0.2) is 16.6 Å². The second-order valence-corrected chi connectivity index (χ2v) is 3.52. The lowest BCUT2D eigenvalue weighted by Crippen LogP contribution is -2.14. The average Bonchev–Trinajstić information content (AvgIpc) is 1.97. The molecule has 1 aromatic carbocycles. The van der Waals surface area contributed by atoms with Gasteiger partial charge in [-0.2, -0.15) is 13.2 Å². The van der Waals surface area contributed by atoms with Crippen LogP contribution in [0.3, 0.4) is 0 Å². The van der Waals surface area contributed by atoms with Crippen molar-refractivity contribution in [1.29, 1.82) is 0 Å². The fourth-order valence-corrected chi connectivity index (χ4v) is 1.34. The lowest BCUT2D eigenvalue weighted by atomic mass is 9.89. The van der Waals surface area contributed by atoms with Crippen molar-refractivity contribution in [3.8, 4) is 0 Å². The second-order valence-electron chi connectivity index (χ2n) is 2.67. The number of benzene rings is 1. The van der Waals surface area contributed by atoms with Gasteiger partial charge in [-0.1, -0.05) is 27.5 Å². The van der Waals surface area contributed by atoms with Gasteiger partial charge < -0.3 is 0 Å². The highest BCUT2D eigenvalue weighted by Crippen LogP contribution is 2.31. The molecule has 0 aliphatic heterocycles. The van der Waals surface area contributed by atoms with Crippen molar-refractivity contribution in [3.05, 3.63) is 27.7 Å². The summed E-state index contributed by atoms with van der Waals surface area (Å²) in [6, 6.07) is 1.95. The minimum atomic E-state index is -4.34. The van der Waals surface area contributed by atoms with Crippen LogP contribution >= 0.6 is 15.9 Å². The van der Waals surface area contributed by atoms with E-state index in [4.69, 9.17) is 7.85 Å². The van der Waals surface area contributed by atoms with Gasteiger partial charge in [0.1, 0.15) is 7.85 Å². The zero-order chi connectivity index (χ0) is 10.2. The summed E-state index contributed by atoms with van der Waals surface area (Å²) in [7, 11) is 5.39. The predicted molar refractivity (Wildman–Crippen MR) is 49.3 cm³/mol. The second kappa shape index (κ2) is 3.37. The third kappa shape index (κ3) is 2.27. The van der Waals surface area contributed by atoms with E-state index in [0.29, 0.717) is 10.0 Å². The van der Waals surface area contributed by atoms with E-state index in [-0.39, 0.29) is 5.46 Å². The van der Waals surface area contributed by atoms with Crippen LogP contribution in [0.2, 0.25) is 0 Å². The van der Waals surface area contributed by atoms with Crippen molar-refractivity contribution < 1.29 is 13.2 Å². The van der Waals surface area contributed by atoms with Gasteiger partial charge in [0.2, 0.25) is 0 Å². The molecule has 0 amide bonds. The fourth-order valence-electron chi connectivity index (χ4n) is 0.864. The molecule has 68 valence electrons. The smallest absolute Gasteiger partial charge is 0.166 e. The van der Waals surface area contributed by atoms with Gasteiger partial charge in [-0.25, -0.2) is 0 Å². The molecule has 0 atom stereocenters. The fraction of sp³-hybridized carbons (Fsp3) is 0.250. The quantitative estimate of drug-likeness (QED) is 0.619. The first kappa shape index (κ1) is 10.6. The van der Waals surface area contributed by atoms with Crippen LogP contribution in [0, 0.1) is 6.92 Å². The van der Waals surface area contributed by atoms with Crippen LogP contribution in [0.5, 0.6) is 0 Å². The Morgan fingerprint density at radius 2 is 1.85 bits per heavy atom. The topological polar surface area (TPSA) is 0 Å². The minimum absolute atomic E-state index is 0.140. The largest absolute Gasteiger partial charge is 0.416 e. The molecule has 1 aromatic rings. The monoisotopic (exact) mass is 248 g/mol. The Bertz CT molecular complexity index is 310. The molecular formula is C8H5BBrF3. The molecule has 0 N–H and O–H groups in total. The van der Waals surface area contributed by atoms with Crippen molar-refractivity contribution >= 4 is 29.2 Å². The molecule has 0 aliphatic rings. The maximum Gasteiger partial charge on any atom is 0.416 e. The molecule has 0 saturated heterocycles. The van der Waals surface area contributed by atoms with Crippen molar-refractivity contribution in [3.63, 3.8) is 0 Å². The van der Waals surface area contributed by atoms with Gasteiger partial charge in [0.05, 0.1) is 5.56 Å². The van der Waals surface area contributed by atoms with E-state index in [9.17, 15) is 13.2 Å². The maximum atomic E-state index is 12.2. The number of hydrogen-bond acceptors (Lipinski definition) is 0. The summed E-state index contributed by atoms with van der Waals surface area (Å²) in [5.74, 6) is 0. The average molecular weight is 249 g/mol. The highest BCUT2D eigenvalue weighted by atomic mass is 79.9. The zero-order valence-corrected chi connectivity index (χ0v) is 8.33. The van der Waals surface area contributed by atoms with Gasteiger partial charge in [-0.15, -0.1) is 0 Å². The lowest BCUT2D eigenvalue weighted by Gasteiger charge is -2.10. The van der Waals surface area contributed by atoms with Crippen molar-refractivity contribution in [2.45, 2.75) is 13.1 Å². The standard InChI is InChI=1S/C8H5BBrF3/c1-4-6(9)2-5(3-7(4)10)8(11,12)13/h2-3H,1H3. The summed E-state index contributed by atoms with van der Waals surface area (Å²) in [6.45, 7) is 1.65. The van der Waals surface area contributed by atoms with E-state index < -0.39 is 11.7 Å². The summed E-state index contributed by atoms with van der Waals surface area (Å²) < 4.78 is 37.0. The molecule has 0 bridgehead atoms. The molecule has 1 rings (SSSR count). The number of halogens is 4. The predicted octanol–water partition coefficient (Wildman–Crippen LogP) is 2.57. The summed E-state index contributed by atoms with van der Waals surface area (Å²) in [6.07, 6.45) is -4.34. The Morgan fingerprint density at radius 3 is 2.23 bits per heavy atom. The normalized spacial score (nSPS) is 11.8. The molecule has 0 aliphatic carbocycles. The van der Waals surface area contributed by atoms with E-state index in [0.717, 1.165) is 12.1 Å². The molecule has 13 heavy (non-hydrogen) atoms. The van der Waals surface area contributed by atoms with Crippen LogP contribution in [0.1, 0.15) is 11.1 Å². The van der Waals surface area contributed by atoms with E-state index in [2.05, 4.69) is 15.9 Å². The minimum Gasteiger partial charge on any atom is -0.166 e. The molecule has 0 aromatic heterocycles. The summed E-state index contributed by atoms with van der Waals surface area (Å²) >= 11 is 3.01. The van der Waals surface area contributed by atoms with Gasteiger partial charge in [0.25, 0.3) is 0 Å². The Hall–Kier alpha value is -0.445. The molecule has 0 nitrogen and oxygen atoms in total. The molecular weight excluding hydrogens is 244 g/mol. The van der Waals surface area contributed by atoms with E-state index in [1.165, 1.54) is 0 Å². The Labute approximate surface area is 83.7 Å². The Balaban J connectivity index is 3.29. The molecule has 2 radical (unpaired) electrons. The number of rotatable bonds is 0. The summed E-state index contributed by atoms with van der Waals surface area (Å²) in [5, 5.41) is 0. The third-order valence-corrected chi connectivity index (χ3v) is 2.54. The van der Waals surface area contributed by atoms with Crippen LogP contribution < -0.4 is 5.46 Å². The highest BCUT2D eigenvalue weighted by Gasteiger charge is 2.30. The molecule has 5 heteroatoms. The van der Waals surface area contributed by atoms with E-state index in [1.54, 1.807) is 6.92 Å². The first-order valence-electron chi connectivity index (χ1n) is 3.45. The first-order valence-corrected chi connectivity index (χ1v) is 4.24.